The molecule has 1 rings (SSSR count). The number of carbonyl (C=O) groups is 1. The van der Waals surface area contributed by atoms with E-state index < -0.39 is 10.8 Å². The van der Waals surface area contributed by atoms with E-state index in [9.17, 15) is 14.9 Å². The molecule has 0 radical (unpaired) electrons. The highest BCUT2D eigenvalue weighted by Gasteiger charge is 2.21. The van der Waals surface area contributed by atoms with Gasteiger partial charge in [0.1, 0.15) is 5.56 Å². The van der Waals surface area contributed by atoms with Crippen LogP contribution in [0.25, 0.3) is 0 Å². The van der Waals surface area contributed by atoms with E-state index in [1.807, 2.05) is 13.8 Å². The van der Waals surface area contributed by atoms with E-state index >= 15 is 0 Å². The molecule has 0 aliphatic heterocycles. The summed E-state index contributed by atoms with van der Waals surface area (Å²) in [5.41, 5.74) is 0.505. The molecular formula is C14H21N3O4. The summed E-state index contributed by atoms with van der Waals surface area (Å²) in [6.45, 7) is 7.14. The first-order chi connectivity index (χ1) is 9.99. The lowest BCUT2D eigenvalue weighted by Gasteiger charge is -2.14. The number of nitro benzene ring substituents is 1. The number of nitro groups is 1. The molecule has 1 aromatic carbocycles. The number of hydrogen-bond donors (Lipinski definition) is 2. The Morgan fingerprint density at radius 1 is 1.43 bits per heavy atom. The zero-order valence-electron chi connectivity index (χ0n) is 12.5. The molecule has 1 aromatic rings. The number of benzene rings is 1. The van der Waals surface area contributed by atoms with Crippen molar-refractivity contribution in [2.24, 2.45) is 0 Å². The topological polar surface area (TPSA) is 93.5 Å². The molecule has 21 heavy (non-hydrogen) atoms. The first kappa shape index (κ1) is 16.9. The second kappa shape index (κ2) is 8.21. The number of nitrogens with zero attached hydrogens (tertiary/aromatic N) is 1. The summed E-state index contributed by atoms with van der Waals surface area (Å²) in [7, 11) is 0. The van der Waals surface area contributed by atoms with Gasteiger partial charge in [-0.25, -0.2) is 0 Å². The van der Waals surface area contributed by atoms with E-state index in [0.717, 1.165) is 0 Å². The monoisotopic (exact) mass is 295 g/mol. The molecule has 0 spiro atoms. The van der Waals surface area contributed by atoms with Crippen LogP contribution < -0.4 is 10.6 Å². The minimum atomic E-state index is -0.558. The van der Waals surface area contributed by atoms with Gasteiger partial charge in [-0.2, -0.15) is 0 Å². The van der Waals surface area contributed by atoms with Crippen LogP contribution in [0.3, 0.4) is 0 Å². The summed E-state index contributed by atoms with van der Waals surface area (Å²) in [6, 6.07) is 4.19. The van der Waals surface area contributed by atoms with Gasteiger partial charge in [-0.05, 0) is 32.9 Å². The summed E-state index contributed by atoms with van der Waals surface area (Å²) in [5, 5.41) is 16.8. The number of ether oxygens (including phenoxy) is 1. The molecule has 0 saturated carbocycles. The summed E-state index contributed by atoms with van der Waals surface area (Å²) in [5.74, 6) is -0.478. The zero-order chi connectivity index (χ0) is 15.8. The van der Waals surface area contributed by atoms with Gasteiger partial charge in [-0.3, -0.25) is 14.9 Å². The first-order valence-electron chi connectivity index (χ1n) is 6.90. The van der Waals surface area contributed by atoms with Gasteiger partial charge in [0.25, 0.3) is 11.6 Å². The van der Waals surface area contributed by atoms with Crippen molar-refractivity contribution in [2.75, 3.05) is 25.1 Å². The highest BCUT2D eigenvalue weighted by Crippen LogP contribution is 2.22. The van der Waals surface area contributed by atoms with Crippen molar-refractivity contribution < 1.29 is 14.5 Å². The van der Waals surface area contributed by atoms with Crippen LogP contribution in [-0.4, -0.2) is 36.6 Å². The second-order valence-corrected chi connectivity index (χ2v) is 4.55. The van der Waals surface area contributed by atoms with E-state index in [4.69, 9.17) is 4.74 Å². The molecule has 0 fully saturated rings. The number of nitrogens with one attached hydrogen (secondary N) is 2. The molecule has 1 amide bonds. The minimum absolute atomic E-state index is 0.0433. The lowest BCUT2D eigenvalue weighted by molar-refractivity contribution is -0.385. The lowest BCUT2D eigenvalue weighted by atomic mass is 10.1. The van der Waals surface area contributed by atoms with Gasteiger partial charge in [0, 0.05) is 30.9 Å². The Morgan fingerprint density at radius 3 is 2.71 bits per heavy atom. The Balaban J connectivity index is 2.94. The summed E-state index contributed by atoms with van der Waals surface area (Å²) < 4.78 is 5.21. The summed E-state index contributed by atoms with van der Waals surface area (Å²) >= 11 is 0. The number of rotatable bonds is 8. The van der Waals surface area contributed by atoms with E-state index in [-0.39, 0.29) is 17.3 Å². The van der Waals surface area contributed by atoms with Gasteiger partial charge >= 0.3 is 0 Å². The van der Waals surface area contributed by atoms with Crippen LogP contribution in [-0.2, 0) is 4.74 Å². The largest absolute Gasteiger partial charge is 0.385 e. The quantitative estimate of drug-likeness (QED) is 0.566. The molecule has 2 N–H and O–H groups in total. The van der Waals surface area contributed by atoms with Crippen LogP contribution in [0.5, 0.6) is 0 Å². The van der Waals surface area contributed by atoms with Gasteiger partial charge in [-0.1, -0.05) is 0 Å². The molecule has 0 saturated heterocycles. The van der Waals surface area contributed by atoms with Gasteiger partial charge in [0.05, 0.1) is 11.5 Å². The Morgan fingerprint density at radius 2 is 2.14 bits per heavy atom. The standard InChI is InChI=1S/C14H21N3O4/c1-4-15-11-6-7-13(17(19)20)12(8-11)14(18)16-10(3)9-21-5-2/h6-8,10,15H,4-5,9H2,1-3H3,(H,16,18). The van der Waals surface area contributed by atoms with Crippen molar-refractivity contribution in [1.82, 2.24) is 5.32 Å². The Bertz CT molecular complexity index is 505. The molecule has 116 valence electrons. The van der Waals surface area contributed by atoms with Gasteiger partial charge in [0.15, 0.2) is 0 Å². The van der Waals surface area contributed by atoms with Crippen LogP contribution in [0.15, 0.2) is 18.2 Å². The van der Waals surface area contributed by atoms with Crippen LogP contribution in [0.2, 0.25) is 0 Å². The van der Waals surface area contributed by atoms with E-state index in [0.29, 0.717) is 25.4 Å². The Hall–Kier alpha value is -2.15. The molecule has 1 atom stereocenters. The van der Waals surface area contributed by atoms with Crippen molar-refractivity contribution >= 4 is 17.3 Å². The van der Waals surface area contributed by atoms with Gasteiger partial charge in [0.2, 0.25) is 0 Å². The maximum Gasteiger partial charge on any atom is 0.282 e. The average Bonchev–Trinajstić information content (AvgIpc) is 2.45. The lowest BCUT2D eigenvalue weighted by Crippen LogP contribution is -2.36. The SMILES string of the molecule is CCNc1ccc([N+](=O)[O-])c(C(=O)NC(C)COCC)c1. The van der Waals surface area contributed by atoms with E-state index in [1.54, 1.807) is 13.0 Å². The summed E-state index contributed by atoms with van der Waals surface area (Å²) in [6.07, 6.45) is 0. The molecular weight excluding hydrogens is 274 g/mol. The van der Waals surface area contributed by atoms with Gasteiger partial charge < -0.3 is 15.4 Å². The van der Waals surface area contributed by atoms with Crippen LogP contribution in [0, 0.1) is 10.1 Å². The molecule has 0 aliphatic carbocycles. The normalized spacial score (nSPS) is 11.8. The number of hydrogen-bond acceptors (Lipinski definition) is 5. The molecule has 1 unspecified atom stereocenters. The molecule has 0 aromatic heterocycles. The minimum Gasteiger partial charge on any atom is -0.385 e. The van der Waals surface area contributed by atoms with Crippen molar-refractivity contribution in [1.29, 1.82) is 0 Å². The predicted octanol–water partition coefficient (Wildman–Crippen LogP) is 2.18. The van der Waals surface area contributed by atoms with E-state index in [1.165, 1.54) is 12.1 Å². The smallest absolute Gasteiger partial charge is 0.282 e. The highest BCUT2D eigenvalue weighted by atomic mass is 16.6. The highest BCUT2D eigenvalue weighted by molar-refractivity contribution is 5.99. The number of anilines is 1. The third-order valence-corrected chi connectivity index (χ3v) is 2.77. The van der Waals surface area contributed by atoms with Crippen molar-refractivity contribution in [2.45, 2.75) is 26.8 Å². The predicted molar refractivity (Wildman–Crippen MR) is 80.7 cm³/mol. The number of carbonyl (C=O) groups excluding carboxylic acids is 1. The molecule has 0 aliphatic rings. The fourth-order valence-electron chi connectivity index (χ4n) is 1.83. The Labute approximate surface area is 123 Å². The van der Waals surface area contributed by atoms with Crippen molar-refractivity contribution in [3.05, 3.63) is 33.9 Å². The third-order valence-electron chi connectivity index (χ3n) is 2.77. The van der Waals surface area contributed by atoms with Crippen LogP contribution >= 0.6 is 0 Å². The summed E-state index contributed by atoms with van der Waals surface area (Å²) in [4.78, 5) is 22.7. The zero-order valence-corrected chi connectivity index (χ0v) is 12.5. The third kappa shape index (κ3) is 5.03. The Kier molecular flexibility index (Phi) is 6.61. The maximum atomic E-state index is 12.2. The van der Waals surface area contributed by atoms with Crippen LogP contribution in [0.1, 0.15) is 31.1 Å². The number of amides is 1. The molecule has 7 heteroatoms. The molecule has 7 nitrogen and oxygen atoms in total. The van der Waals surface area contributed by atoms with Crippen molar-refractivity contribution in [3.63, 3.8) is 0 Å². The van der Waals surface area contributed by atoms with E-state index in [2.05, 4.69) is 10.6 Å². The average molecular weight is 295 g/mol. The van der Waals surface area contributed by atoms with Crippen molar-refractivity contribution in [3.8, 4) is 0 Å². The second-order valence-electron chi connectivity index (χ2n) is 4.55. The van der Waals surface area contributed by atoms with Gasteiger partial charge in [-0.15, -0.1) is 0 Å². The first-order valence-corrected chi connectivity index (χ1v) is 6.90. The molecule has 0 heterocycles. The fourth-order valence-corrected chi connectivity index (χ4v) is 1.83. The van der Waals surface area contributed by atoms with Crippen LogP contribution in [0.4, 0.5) is 11.4 Å². The fraction of sp³-hybridized carbons (Fsp3) is 0.500. The molecule has 0 bridgehead atoms. The maximum absolute atomic E-state index is 12.2.